The normalized spacial score (nSPS) is 30.5. The van der Waals surface area contributed by atoms with Crippen LogP contribution in [-0.2, 0) is 19.0 Å². The van der Waals surface area contributed by atoms with Crippen LogP contribution < -0.4 is 0 Å². The predicted octanol–water partition coefficient (Wildman–Crippen LogP) is 5.41. The van der Waals surface area contributed by atoms with Gasteiger partial charge in [0.05, 0.1) is 6.10 Å². The first kappa shape index (κ1) is 21.6. The van der Waals surface area contributed by atoms with Gasteiger partial charge in [0.25, 0.3) is 0 Å². The molecule has 0 aromatic rings. The lowest BCUT2D eigenvalue weighted by molar-refractivity contribution is -0.147. The molecular weight excluding hydrogens is 340 g/mol. The van der Waals surface area contributed by atoms with E-state index in [1.54, 1.807) is 0 Å². The first-order valence-corrected chi connectivity index (χ1v) is 10.2. The lowest BCUT2D eigenvalue weighted by atomic mass is 10.1. The summed E-state index contributed by atoms with van der Waals surface area (Å²) in [7, 11) is 0. The summed E-state index contributed by atoms with van der Waals surface area (Å²) >= 11 is 0. The molecule has 150 valence electrons. The molecule has 2 aliphatic heterocycles. The van der Waals surface area contributed by atoms with Crippen LogP contribution in [0, 0.1) is 0 Å². The highest BCUT2D eigenvalue weighted by Gasteiger charge is 2.39. The Bertz CT molecular complexity index is 571. The number of hydrogen-bond donors (Lipinski definition) is 0. The summed E-state index contributed by atoms with van der Waals surface area (Å²) in [6.07, 6.45) is 22.1. The summed E-state index contributed by atoms with van der Waals surface area (Å²) < 4.78 is 17.6. The van der Waals surface area contributed by atoms with Crippen molar-refractivity contribution in [3.8, 4) is 0 Å². The van der Waals surface area contributed by atoms with Gasteiger partial charge >= 0.3 is 5.97 Å². The monoisotopic (exact) mass is 374 g/mol. The highest BCUT2D eigenvalue weighted by molar-refractivity contribution is 5.69. The highest BCUT2D eigenvalue weighted by Crippen LogP contribution is 2.31. The fraction of sp³-hybridized carbons (Fsp3) is 0.609. The van der Waals surface area contributed by atoms with E-state index >= 15 is 0 Å². The van der Waals surface area contributed by atoms with Crippen molar-refractivity contribution < 1.29 is 19.0 Å². The smallest absolute Gasteiger partial charge is 0.306 e. The summed E-state index contributed by atoms with van der Waals surface area (Å²) in [6.45, 7) is 6.00. The molecule has 0 aliphatic carbocycles. The van der Waals surface area contributed by atoms with Gasteiger partial charge < -0.3 is 14.2 Å². The molecule has 0 radical (unpaired) electrons. The van der Waals surface area contributed by atoms with E-state index in [1.807, 2.05) is 26.0 Å². The third-order valence-electron chi connectivity index (χ3n) is 4.52. The van der Waals surface area contributed by atoms with E-state index in [0.29, 0.717) is 12.8 Å². The summed E-state index contributed by atoms with van der Waals surface area (Å²) in [5.74, 6) is -0.734. The van der Waals surface area contributed by atoms with E-state index in [9.17, 15) is 4.79 Å². The van der Waals surface area contributed by atoms with Crippen molar-refractivity contribution in [2.24, 2.45) is 0 Å². The van der Waals surface area contributed by atoms with Gasteiger partial charge in [-0.3, -0.25) is 4.79 Å². The SMILES string of the molecule is CC/C=C\C/C=C\C[C@@H]1OC(C)(C)O[C@H]1/C=C/[C@@H]1C/C=C\CCCC(=O)O1. The first-order chi connectivity index (χ1) is 13.0. The minimum Gasteiger partial charge on any atom is -0.458 e. The molecule has 0 spiro atoms. The van der Waals surface area contributed by atoms with Gasteiger partial charge in [-0.05, 0) is 52.0 Å². The summed E-state index contributed by atoms with van der Waals surface area (Å²) in [5, 5.41) is 0. The van der Waals surface area contributed by atoms with Gasteiger partial charge in [0, 0.05) is 12.8 Å². The summed E-state index contributed by atoms with van der Waals surface area (Å²) in [5.41, 5.74) is 0. The Hall–Kier alpha value is -1.65. The average Bonchev–Trinajstić information content (AvgIpc) is 2.96. The van der Waals surface area contributed by atoms with Crippen molar-refractivity contribution in [3.63, 3.8) is 0 Å². The lowest BCUT2D eigenvalue weighted by Gasteiger charge is -2.16. The van der Waals surface area contributed by atoms with Crippen LogP contribution >= 0.6 is 0 Å². The van der Waals surface area contributed by atoms with E-state index in [1.165, 1.54) is 0 Å². The van der Waals surface area contributed by atoms with Gasteiger partial charge in [-0.2, -0.15) is 0 Å². The molecule has 0 amide bonds. The molecule has 0 bridgehead atoms. The molecule has 2 rings (SSSR count). The number of ether oxygens (including phenoxy) is 3. The number of allylic oxidation sites excluding steroid dienone is 4. The van der Waals surface area contributed by atoms with Crippen molar-refractivity contribution in [3.05, 3.63) is 48.6 Å². The third kappa shape index (κ3) is 8.27. The Labute approximate surface area is 164 Å². The molecule has 4 nitrogen and oxygen atoms in total. The molecule has 1 saturated heterocycles. The van der Waals surface area contributed by atoms with E-state index in [4.69, 9.17) is 14.2 Å². The Kier molecular flexibility index (Phi) is 9.02. The van der Waals surface area contributed by atoms with E-state index in [0.717, 1.165) is 32.1 Å². The maximum atomic E-state index is 11.9. The number of esters is 1. The zero-order valence-corrected chi connectivity index (χ0v) is 16.9. The van der Waals surface area contributed by atoms with Gasteiger partial charge in [0.2, 0.25) is 0 Å². The van der Waals surface area contributed by atoms with Crippen molar-refractivity contribution >= 4 is 5.97 Å². The molecule has 0 aromatic carbocycles. The number of rotatable bonds is 7. The molecule has 0 aromatic heterocycles. The quantitative estimate of drug-likeness (QED) is 0.442. The number of cyclic esters (lactones) is 1. The molecule has 1 fully saturated rings. The minimum absolute atomic E-state index is 0.0368. The third-order valence-corrected chi connectivity index (χ3v) is 4.52. The van der Waals surface area contributed by atoms with Crippen molar-refractivity contribution in [1.82, 2.24) is 0 Å². The number of hydrogen-bond acceptors (Lipinski definition) is 4. The zero-order chi connectivity index (χ0) is 19.5. The Morgan fingerprint density at radius 3 is 2.74 bits per heavy atom. The zero-order valence-electron chi connectivity index (χ0n) is 16.9. The van der Waals surface area contributed by atoms with Gasteiger partial charge in [-0.1, -0.05) is 49.5 Å². The molecule has 2 aliphatic rings. The topological polar surface area (TPSA) is 44.8 Å². The second kappa shape index (κ2) is 11.3. The Morgan fingerprint density at radius 1 is 1.11 bits per heavy atom. The standard InChI is InChI=1S/C23H34O4/c1-4-5-6-7-8-12-15-20-21(27-23(2,3)26-20)18-17-19-14-11-9-10-13-16-22(24)25-19/h5-6,8-9,11-12,17-21H,4,7,10,13-16H2,1-3H3/b6-5-,11-9-,12-8-,18-17+/t19-,20-,21-/m0/s1. The van der Waals surface area contributed by atoms with Crippen LogP contribution in [0.2, 0.25) is 0 Å². The Balaban J connectivity index is 1.94. The van der Waals surface area contributed by atoms with Crippen molar-refractivity contribution in [2.75, 3.05) is 0 Å². The van der Waals surface area contributed by atoms with Gasteiger partial charge in [-0.15, -0.1) is 0 Å². The predicted molar refractivity (Wildman–Crippen MR) is 108 cm³/mol. The van der Waals surface area contributed by atoms with Crippen LogP contribution in [0.3, 0.4) is 0 Å². The minimum atomic E-state index is -0.607. The molecular formula is C23H34O4. The molecule has 27 heavy (non-hydrogen) atoms. The molecule has 0 saturated carbocycles. The van der Waals surface area contributed by atoms with Crippen molar-refractivity contribution in [1.29, 1.82) is 0 Å². The number of carbonyl (C=O) groups excluding carboxylic acids is 1. The maximum Gasteiger partial charge on any atom is 0.306 e. The van der Waals surface area contributed by atoms with Crippen LogP contribution in [0.4, 0.5) is 0 Å². The first-order valence-electron chi connectivity index (χ1n) is 10.2. The van der Waals surface area contributed by atoms with Gasteiger partial charge in [0.15, 0.2) is 5.79 Å². The van der Waals surface area contributed by atoms with E-state index in [-0.39, 0.29) is 24.3 Å². The van der Waals surface area contributed by atoms with Crippen LogP contribution in [-0.4, -0.2) is 30.1 Å². The van der Waals surface area contributed by atoms with E-state index < -0.39 is 5.79 Å². The second-order valence-electron chi connectivity index (χ2n) is 7.47. The van der Waals surface area contributed by atoms with Gasteiger partial charge in [0.1, 0.15) is 12.2 Å². The maximum absolute atomic E-state index is 11.9. The summed E-state index contributed by atoms with van der Waals surface area (Å²) in [6, 6.07) is 0. The van der Waals surface area contributed by atoms with Gasteiger partial charge in [-0.25, -0.2) is 0 Å². The second-order valence-corrected chi connectivity index (χ2v) is 7.47. The summed E-state index contributed by atoms with van der Waals surface area (Å²) in [4.78, 5) is 11.9. The van der Waals surface area contributed by atoms with Crippen LogP contribution in [0.25, 0.3) is 0 Å². The van der Waals surface area contributed by atoms with Crippen LogP contribution in [0.15, 0.2) is 48.6 Å². The fourth-order valence-corrected chi connectivity index (χ4v) is 3.22. The molecule has 2 heterocycles. The fourth-order valence-electron chi connectivity index (χ4n) is 3.22. The molecule has 4 heteroatoms. The average molecular weight is 375 g/mol. The number of carbonyl (C=O) groups is 1. The molecule has 3 atom stereocenters. The molecule has 0 unspecified atom stereocenters. The van der Waals surface area contributed by atoms with Crippen LogP contribution in [0.5, 0.6) is 0 Å². The largest absolute Gasteiger partial charge is 0.458 e. The lowest BCUT2D eigenvalue weighted by Crippen LogP contribution is -2.21. The highest BCUT2D eigenvalue weighted by atomic mass is 16.7. The van der Waals surface area contributed by atoms with Crippen LogP contribution in [0.1, 0.15) is 65.7 Å². The molecule has 0 N–H and O–H groups in total. The van der Waals surface area contributed by atoms with Crippen molar-refractivity contribution in [2.45, 2.75) is 89.8 Å². The Morgan fingerprint density at radius 2 is 1.93 bits per heavy atom. The van der Waals surface area contributed by atoms with E-state index in [2.05, 4.69) is 43.4 Å².